The van der Waals surface area contributed by atoms with Crippen LogP contribution in [0.25, 0.3) is 0 Å². The monoisotopic (exact) mass is 281 g/mol. The van der Waals surface area contributed by atoms with E-state index in [1.54, 1.807) is 7.11 Å². The Hall–Kier alpha value is -0.870. The molecule has 1 aromatic rings. The van der Waals surface area contributed by atoms with Crippen LogP contribution in [0.4, 0.5) is 0 Å². The predicted octanol–water partition coefficient (Wildman–Crippen LogP) is 3.25. The highest BCUT2D eigenvalue weighted by molar-refractivity contribution is 7.98. The van der Waals surface area contributed by atoms with Crippen LogP contribution in [-0.2, 0) is 0 Å². The molecular formula is C15H23NO2S. The molecule has 1 heterocycles. The fourth-order valence-electron chi connectivity index (χ4n) is 2.44. The van der Waals surface area contributed by atoms with E-state index in [4.69, 9.17) is 9.47 Å². The minimum Gasteiger partial charge on any atom is -0.497 e. The van der Waals surface area contributed by atoms with E-state index in [0.29, 0.717) is 12.1 Å². The highest BCUT2D eigenvalue weighted by atomic mass is 32.2. The number of ether oxygens (including phenoxy) is 2. The molecule has 0 aromatic heterocycles. The average molecular weight is 281 g/mol. The second kappa shape index (κ2) is 7.06. The molecule has 1 aliphatic rings. The Bertz CT molecular complexity index is 411. The summed E-state index contributed by atoms with van der Waals surface area (Å²) < 4.78 is 11.0. The van der Waals surface area contributed by atoms with Gasteiger partial charge in [-0.3, -0.25) is 0 Å². The summed E-state index contributed by atoms with van der Waals surface area (Å²) in [5.74, 6) is 3.03. The average Bonchev–Trinajstić information content (AvgIpc) is 2.46. The van der Waals surface area contributed by atoms with Gasteiger partial charge in [-0.05, 0) is 30.9 Å². The molecule has 4 heteroatoms. The third-order valence-electron chi connectivity index (χ3n) is 3.55. The van der Waals surface area contributed by atoms with Crippen molar-refractivity contribution in [1.29, 1.82) is 0 Å². The van der Waals surface area contributed by atoms with Gasteiger partial charge >= 0.3 is 0 Å². The van der Waals surface area contributed by atoms with E-state index in [2.05, 4.69) is 24.6 Å². The lowest BCUT2D eigenvalue weighted by Crippen LogP contribution is -2.36. The smallest absolute Gasteiger partial charge is 0.124 e. The van der Waals surface area contributed by atoms with Crippen LogP contribution in [0.2, 0.25) is 0 Å². The van der Waals surface area contributed by atoms with Crippen molar-refractivity contribution in [2.75, 3.05) is 25.7 Å². The maximum atomic E-state index is 5.73. The zero-order valence-corrected chi connectivity index (χ0v) is 12.8. The van der Waals surface area contributed by atoms with Gasteiger partial charge in [0.25, 0.3) is 0 Å². The van der Waals surface area contributed by atoms with Crippen molar-refractivity contribution in [2.24, 2.45) is 0 Å². The van der Waals surface area contributed by atoms with Gasteiger partial charge in [-0.25, -0.2) is 0 Å². The van der Waals surface area contributed by atoms with Gasteiger partial charge < -0.3 is 14.8 Å². The second-order valence-electron chi connectivity index (χ2n) is 4.82. The molecule has 1 N–H and O–H groups in total. The number of benzene rings is 1. The normalized spacial score (nSPS) is 19.4. The number of hydrogen-bond acceptors (Lipinski definition) is 4. The third-order valence-corrected chi connectivity index (χ3v) is 4.29. The van der Waals surface area contributed by atoms with E-state index in [1.807, 2.05) is 23.9 Å². The van der Waals surface area contributed by atoms with Crippen LogP contribution in [0, 0.1) is 0 Å². The predicted molar refractivity (Wildman–Crippen MR) is 81.4 cm³/mol. The Morgan fingerprint density at radius 1 is 1.53 bits per heavy atom. The first-order chi connectivity index (χ1) is 9.28. The fourth-order valence-corrected chi connectivity index (χ4v) is 3.18. The first-order valence-corrected chi connectivity index (χ1v) is 8.23. The van der Waals surface area contributed by atoms with Crippen LogP contribution in [-0.4, -0.2) is 31.8 Å². The van der Waals surface area contributed by atoms with Gasteiger partial charge in [-0.2, -0.15) is 11.8 Å². The molecule has 2 unspecified atom stereocenters. The summed E-state index contributed by atoms with van der Waals surface area (Å²) in [6.07, 6.45) is 4.33. The molecule has 2 rings (SSSR count). The Kier molecular flexibility index (Phi) is 5.40. The van der Waals surface area contributed by atoms with Crippen molar-refractivity contribution in [1.82, 2.24) is 5.32 Å². The van der Waals surface area contributed by atoms with Crippen LogP contribution < -0.4 is 14.8 Å². The summed E-state index contributed by atoms with van der Waals surface area (Å²) in [7, 11) is 1.70. The van der Waals surface area contributed by atoms with Crippen LogP contribution in [0.15, 0.2) is 18.2 Å². The number of rotatable bonds is 6. The van der Waals surface area contributed by atoms with E-state index in [-0.39, 0.29) is 0 Å². The summed E-state index contributed by atoms with van der Waals surface area (Å²) in [6, 6.07) is 6.99. The summed E-state index contributed by atoms with van der Waals surface area (Å²) in [5, 5.41) is 3.76. The molecule has 0 amide bonds. The van der Waals surface area contributed by atoms with E-state index in [9.17, 15) is 0 Å². The molecule has 0 radical (unpaired) electrons. The minimum absolute atomic E-state index is 0.371. The molecule has 19 heavy (non-hydrogen) atoms. The highest BCUT2D eigenvalue weighted by Gasteiger charge is 2.23. The van der Waals surface area contributed by atoms with Gasteiger partial charge in [-0.15, -0.1) is 0 Å². The first kappa shape index (κ1) is 14.5. The Morgan fingerprint density at radius 2 is 2.37 bits per heavy atom. The van der Waals surface area contributed by atoms with Crippen LogP contribution >= 0.6 is 11.8 Å². The lowest BCUT2D eigenvalue weighted by Gasteiger charge is -2.30. The van der Waals surface area contributed by atoms with Gasteiger partial charge in [0, 0.05) is 29.8 Å². The Morgan fingerprint density at radius 3 is 3.05 bits per heavy atom. The van der Waals surface area contributed by atoms with Crippen LogP contribution in [0.3, 0.4) is 0 Å². The van der Waals surface area contributed by atoms with E-state index in [0.717, 1.165) is 36.7 Å². The molecule has 2 atom stereocenters. The highest BCUT2D eigenvalue weighted by Crippen LogP contribution is 2.35. The fraction of sp³-hybridized carbons (Fsp3) is 0.600. The van der Waals surface area contributed by atoms with Crippen molar-refractivity contribution in [3.05, 3.63) is 23.8 Å². The molecule has 3 nitrogen and oxygen atoms in total. The molecule has 0 saturated heterocycles. The second-order valence-corrected chi connectivity index (χ2v) is 5.73. The number of methoxy groups -OCH3 is 1. The van der Waals surface area contributed by atoms with Gasteiger partial charge in [-0.1, -0.05) is 6.92 Å². The molecule has 0 fully saturated rings. The van der Waals surface area contributed by atoms with Gasteiger partial charge in [0.05, 0.1) is 13.7 Å². The topological polar surface area (TPSA) is 30.5 Å². The number of hydrogen-bond donors (Lipinski definition) is 1. The minimum atomic E-state index is 0.371. The molecule has 1 aliphatic heterocycles. The molecule has 106 valence electrons. The third kappa shape index (κ3) is 3.57. The molecule has 0 aliphatic carbocycles. The van der Waals surface area contributed by atoms with Gasteiger partial charge in [0.1, 0.15) is 11.5 Å². The Balaban J connectivity index is 2.15. The molecule has 0 saturated carbocycles. The maximum Gasteiger partial charge on any atom is 0.124 e. The number of thioether (sulfide) groups is 1. The summed E-state index contributed by atoms with van der Waals surface area (Å²) in [4.78, 5) is 0. The summed E-state index contributed by atoms with van der Waals surface area (Å²) >= 11 is 1.89. The van der Waals surface area contributed by atoms with Gasteiger partial charge in [0.15, 0.2) is 0 Å². The Labute approximate surface area is 120 Å². The zero-order valence-electron chi connectivity index (χ0n) is 11.9. The number of nitrogens with one attached hydrogen (secondary N) is 1. The van der Waals surface area contributed by atoms with Crippen LogP contribution in [0.5, 0.6) is 11.5 Å². The van der Waals surface area contributed by atoms with Crippen molar-refractivity contribution in [3.63, 3.8) is 0 Å². The zero-order chi connectivity index (χ0) is 13.7. The van der Waals surface area contributed by atoms with Crippen molar-refractivity contribution in [2.45, 2.75) is 31.8 Å². The van der Waals surface area contributed by atoms with E-state index in [1.165, 1.54) is 5.56 Å². The van der Waals surface area contributed by atoms with Crippen molar-refractivity contribution in [3.8, 4) is 11.5 Å². The standard InChI is InChI=1S/C15H23NO2S/c1-4-11(10-19-3)16-14-7-8-18-15-6-5-12(17-2)9-13(14)15/h5-6,9,11,14,16H,4,7-8,10H2,1-3H3. The molecule has 1 aromatic carbocycles. The van der Waals surface area contributed by atoms with Gasteiger partial charge in [0.2, 0.25) is 0 Å². The lowest BCUT2D eigenvalue weighted by atomic mass is 9.99. The molecule has 0 spiro atoms. The lowest BCUT2D eigenvalue weighted by molar-refractivity contribution is 0.244. The molecular weight excluding hydrogens is 258 g/mol. The van der Waals surface area contributed by atoms with Crippen molar-refractivity contribution >= 4 is 11.8 Å². The van der Waals surface area contributed by atoms with E-state index >= 15 is 0 Å². The molecule has 0 bridgehead atoms. The quantitative estimate of drug-likeness (QED) is 0.867. The van der Waals surface area contributed by atoms with Crippen molar-refractivity contribution < 1.29 is 9.47 Å². The first-order valence-electron chi connectivity index (χ1n) is 6.84. The van der Waals surface area contributed by atoms with E-state index < -0.39 is 0 Å². The summed E-state index contributed by atoms with van der Waals surface area (Å²) in [5.41, 5.74) is 1.23. The number of fused-ring (bicyclic) bond motifs is 1. The van der Waals surface area contributed by atoms with Crippen LogP contribution in [0.1, 0.15) is 31.4 Å². The summed E-state index contributed by atoms with van der Waals surface area (Å²) in [6.45, 7) is 3.02. The maximum absolute atomic E-state index is 5.73. The SMILES string of the molecule is CCC(CSC)NC1CCOc2ccc(OC)cc21. The largest absolute Gasteiger partial charge is 0.497 e.